The van der Waals surface area contributed by atoms with E-state index < -0.39 is 6.36 Å². The van der Waals surface area contributed by atoms with Crippen LogP contribution in [0, 0.1) is 5.92 Å². The van der Waals surface area contributed by atoms with Gasteiger partial charge >= 0.3 is 6.36 Å². The SMILES string of the molecule is CC(C)C(=O)N1CC[NH+]([C@H](C)C(=O)Nc2ccc(OC(F)(F)F)cc2)CC1. The molecule has 0 bridgehead atoms. The van der Waals surface area contributed by atoms with Gasteiger partial charge in [-0.1, -0.05) is 13.8 Å². The highest BCUT2D eigenvalue weighted by molar-refractivity contribution is 5.93. The molecule has 150 valence electrons. The molecule has 2 amide bonds. The number of carbonyl (C=O) groups is 2. The highest BCUT2D eigenvalue weighted by Crippen LogP contribution is 2.23. The molecular weight excluding hydrogens is 363 g/mol. The zero-order valence-corrected chi connectivity index (χ0v) is 15.6. The number of amides is 2. The lowest BCUT2D eigenvalue weighted by Crippen LogP contribution is -3.19. The Morgan fingerprint density at radius 3 is 2.15 bits per heavy atom. The molecule has 1 saturated heterocycles. The number of rotatable bonds is 5. The third-order valence-corrected chi connectivity index (χ3v) is 4.57. The Hall–Kier alpha value is -2.29. The van der Waals surface area contributed by atoms with Gasteiger partial charge in [-0.15, -0.1) is 13.2 Å². The summed E-state index contributed by atoms with van der Waals surface area (Å²) in [5.41, 5.74) is 0.398. The van der Waals surface area contributed by atoms with Crippen molar-refractivity contribution < 1.29 is 32.4 Å². The van der Waals surface area contributed by atoms with Crippen LogP contribution in [0.1, 0.15) is 20.8 Å². The smallest absolute Gasteiger partial charge is 0.406 e. The highest BCUT2D eigenvalue weighted by Gasteiger charge is 2.32. The first-order valence-corrected chi connectivity index (χ1v) is 8.87. The van der Waals surface area contributed by atoms with Gasteiger partial charge < -0.3 is 19.9 Å². The van der Waals surface area contributed by atoms with E-state index in [0.29, 0.717) is 31.9 Å². The zero-order chi connectivity index (χ0) is 20.2. The number of alkyl halides is 3. The largest absolute Gasteiger partial charge is 0.573 e. The van der Waals surface area contributed by atoms with Crippen LogP contribution in [-0.4, -0.2) is 55.3 Å². The molecule has 1 aliphatic heterocycles. The van der Waals surface area contributed by atoms with E-state index in [1.165, 1.54) is 12.1 Å². The molecule has 0 aromatic heterocycles. The van der Waals surface area contributed by atoms with E-state index in [-0.39, 0.29) is 29.5 Å². The normalized spacial score (nSPS) is 16.9. The molecule has 9 heteroatoms. The molecule has 1 atom stereocenters. The number of anilines is 1. The van der Waals surface area contributed by atoms with Crippen molar-refractivity contribution >= 4 is 17.5 Å². The molecule has 0 saturated carbocycles. The van der Waals surface area contributed by atoms with Crippen molar-refractivity contribution in [2.24, 2.45) is 5.92 Å². The third kappa shape index (κ3) is 6.13. The summed E-state index contributed by atoms with van der Waals surface area (Å²) in [5.74, 6) is -0.493. The Balaban J connectivity index is 1.86. The van der Waals surface area contributed by atoms with Crippen LogP contribution in [0.2, 0.25) is 0 Å². The standard InChI is InChI=1S/C18H24F3N3O3/c1-12(2)17(26)24-10-8-23(9-11-24)13(3)16(25)22-14-4-6-15(7-5-14)27-18(19,20)21/h4-7,12-13H,8-11H2,1-3H3,(H,22,25)/p+1/t13-/m1/s1. The number of benzene rings is 1. The second kappa shape index (κ2) is 8.60. The number of quaternary nitrogens is 1. The maximum absolute atomic E-state index is 12.4. The molecule has 1 aromatic rings. The highest BCUT2D eigenvalue weighted by atomic mass is 19.4. The minimum absolute atomic E-state index is 0.0448. The van der Waals surface area contributed by atoms with Crippen molar-refractivity contribution in [2.75, 3.05) is 31.5 Å². The molecule has 0 aliphatic carbocycles. The van der Waals surface area contributed by atoms with Gasteiger partial charge in [0, 0.05) is 11.6 Å². The van der Waals surface area contributed by atoms with Crippen molar-refractivity contribution in [3.8, 4) is 5.75 Å². The van der Waals surface area contributed by atoms with Crippen LogP contribution in [0.3, 0.4) is 0 Å². The maximum Gasteiger partial charge on any atom is 0.573 e. The average Bonchev–Trinajstić information content (AvgIpc) is 2.61. The molecule has 6 nitrogen and oxygen atoms in total. The van der Waals surface area contributed by atoms with E-state index in [1.54, 1.807) is 6.92 Å². The Labute approximate surface area is 156 Å². The lowest BCUT2D eigenvalue weighted by atomic mass is 10.1. The fourth-order valence-electron chi connectivity index (χ4n) is 2.99. The van der Waals surface area contributed by atoms with E-state index in [4.69, 9.17) is 0 Å². The van der Waals surface area contributed by atoms with Gasteiger partial charge in [0.25, 0.3) is 5.91 Å². The Kier molecular flexibility index (Phi) is 6.69. The van der Waals surface area contributed by atoms with E-state index in [9.17, 15) is 22.8 Å². The summed E-state index contributed by atoms with van der Waals surface area (Å²) in [4.78, 5) is 27.3. The Morgan fingerprint density at radius 1 is 1.11 bits per heavy atom. The van der Waals surface area contributed by atoms with Crippen LogP contribution >= 0.6 is 0 Å². The first-order valence-electron chi connectivity index (χ1n) is 8.87. The van der Waals surface area contributed by atoms with Crippen molar-refractivity contribution in [3.05, 3.63) is 24.3 Å². The number of halogens is 3. The molecule has 2 N–H and O–H groups in total. The number of hydrogen-bond acceptors (Lipinski definition) is 3. The van der Waals surface area contributed by atoms with Crippen molar-refractivity contribution in [1.82, 2.24) is 4.90 Å². The van der Waals surface area contributed by atoms with Crippen molar-refractivity contribution in [2.45, 2.75) is 33.2 Å². The molecule has 0 radical (unpaired) electrons. The monoisotopic (exact) mass is 388 g/mol. The summed E-state index contributed by atoms with van der Waals surface area (Å²) in [7, 11) is 0. The lowest BCUT2D eigenvalue weighted by molar-refractivity contribution is -0.917. The second-order valence-corrected chi connectivity index (χ2v) is 6.92. The molecule has 1 aromatic carbocycles. The molecule has 1 fully saturated rings. The molecule has 27 heavy (non-hydrogen) atoms. The quantitative estimate of drug-likeness (QED) is 0.799. The van der Waals surface area contributed by atoms with Gasteiger partial charge in [-0.2, -0.15) is 0 Å². The van der Waals surface area contributed by atoms with E-state index in [0.717, 1.165) is 17.0 Å². The van der Waals surface area contributed by atoms with E-state index in [1.807, 2.05) is 18.7 Å². The summed E-state index contributed by atoms with van der Waals surface area (Å²) in [6, 6.07) is 4.68. The number of carbonyl (C=O) groups excluding carboxylic acids is 2. The fourth-order valence-corrected chi connectivity index (χ4v) is 2.99. The number of piperazine rings is 1. The minimum atomic E-state index is -4.75. The predicted molar refractivity (Wildman–Crippen MR) is 93.3 cm³/mol. The van der Waals surface area contributed by atoms with Gasteiger partial charge in [0.15, 0.2) is 6.04 Å². The lowest BCUT2D eigenvalue weighted by Gasteiger charge is -2.35. The van der Waals surface area contributed by atoms with Gasteiger partial charge in [-0.05, 0) is 31.2 Å². The molecule has 2 rings (SSSR count). The molecular formula is C18H25F3N3O3+. The van der Waals surface area contributed by atoms with Crippen LogP contribution in [0.4, 0.5) is 18.9 Å². The van der Waals surface area contributed by atoms with Gasteiger partial charge in [0.05, 0.1) is 26.2 Å². The molecule has 0 unspecified atom stereocenters. The summed E-state index contributed by atoms with van der Waals surface area (Å²) in [6.45, 7) is 8.08. The number of hydrogen-bond donors (Lipinski definition) is 2. The van der Waals surface area contributed by atoms with Crippen LogP contribution in [0.25, 0.3) is 0 Å². The first kappa shape index (κ1) is 21.0. The topological polar surface area (TPSA) is 63.1 Å². The van der Waals surface area contributed by atoms with E-state index >= 15 is 0 Å². The van der Waals surface area contributed by atoms with Crippen LogP contribution in [-0.2, 0) is 9.59 Å². The second-order valence-electron chi connectivity index (χ2n) is 6.92. The summed E-state index contributed by atoms with van der Waals surface area (Å²) in [6.07, 6.45) is -4.75. The minimum Gasteiger partial charge on any atom is -0.406 e. The van der Waals surface area contributed by atoms with Crippen LogP contribution < -0.4 is 15.0 Å². The number of nitrogens with one attached hydrogen (secondary N) is 2. The number of ether oxygens (including phenoxy) is 1. The number of nitrogens with zero attached hydrogens (tertiary/aromatic N) is 1. The van der Waals surface area contributed by atoms with Crippen LogP contribution in [0.5, 0.6) is 5.75 Å². The van der Waals surface area contributed by atoms with Crippen molar-refractivity contribution in [1.29, 1.82) is 0 Å². The summed E-state index contributed by atoms with van der Waals surface area (Å²) < 4.78 is 40.3. The molecule has 1 aliphatic rings. The van der Waals surface area contributed by atoms with E-state index in [2.05, 4.69) is 10.1 Å². The zero-order valence-electron chi connectivity index (χ0n) is 15.6. The van der Waals surface area contributed by atoms with Gasteiger partial charge in [-0.25, -0.2) is 0 Å². The maximum atomic E-state index is 12.4. The van der Waals surface area contributed by atoms with Crippen LogP contribution in [0.15, 0.2) is 24.3 Å². The fraction of sp³-hybridized carbons (Fsp3) is 0.556. The summed E-state index contributed by atoms with van der Waals surface area (Å²) in [5, 5.41) is 2.70. The van der Waals surface area contributed by atoms with Gasteiger partial charge in [0.2, 0.25) is 5.91 Å². The summed E-state index contributed by atoms with van der Waals surface area (Å²) >= 11 is 0. The van der Waals surface area contributed by atoms with Gasteiger partial charge in [-0.3, -0.25) is 9.59 Å². The molecule has 1 heterocycles. The van der Waals surface area contributed by atoms with Gasteiger partial charge in [0.1, 0.15) is 5.75 Å². The average molecular weight is 388 g/mol. The van der Waals surface area contributed by atoms with Crippen molar-refractivity contribution in [3.63, 3.8) is 0 Å². The Morgan fingerprint density at radius 2 is 1.67 bits per heavy atom. The Bertz CT molecular complexity index is 654. The first-order chi connectivity index (χ1) is 12.6. The predicted octanol–water partition coefficient (Wildman–Crippen LogP) is 1.30. The third-order valence-electron chi connectivity index (χ3n) is 4.57. The molecule has 0 spiro atoms.